The minimum atomic E-state index is -0.162. The van der Waals surface area contributed by atoms with Crippen LogP contribution in [0.1, 0.15) is 26.5 Å². The number of hydrogen-bond donors (Lipinski definition) is 1. The van der Waals surface area contributed by atoms with Gasteiger partial charge in [-0.1, -0.05) is 0 Å². The van der Waals surface area contributed by atoms with E-state index in [4.69, 9.17) is 4.74 Å². The van der Waals surface area contributed by atoms with Gasteiger partial charge in [-0.05, 0) is 58.0 Å². The lowest BCUT2D eigenvalue weighted by molar-refractivity contribution is 0.131. The van der Waals surface area contributed by atoms with E-state index in [0.717, 1.165) is 22.7 Å². The van der Waals surface area contributed by atoms with Gasteiger partial charge < -0.3 is 4.74 Å². The van der Waals surface area contributed by atoms with E-state index in [-0.39, 0.29) is 5.60 Å². The number of aryl methyl sites for hydroxylation is 1. The lowest BCUT2D eigenvalue weighted by Crippen LogP contribution is -2.22. The summed E-state index contributed by atoms with van der Waals surface area (Å²) in [5.74, 6) is 0.883. The highest BCUT2D eigenvalue weighted by atomic mass is 16.5. The van der Waals surface area contributed by atoms with Gasteiger partial charge in [-0.25, -0.2) is 0 Å². The van der Waals surface area contributed by atoms with Crippen LogP contribution in [0.25, 0.3) is 11.3 Å². The van der Waals surface area contributed by atoms with Crippen LogP contribution in [-0.4, -0.2) is 15.8 Å². The van der Waals surface area contributed by atoms with Gasteiger partial charge in [-0.2, -0.15) is 5.10 Å². The van der Waals surface area contributed by atoms with Gasteiger partial charge in [0.05, 0.1) is 5.69 Å². The number of aromatic nitrogens is 2. The molecule has 0 aliphatic heterocycles. The Hall–Kier alpha value is -1.77. The second kappa shape index (κ2) is 4.24. The molecule has 2 aromatic rings. The van der Waals surface area contributed by atoms with Gasteiger partial charge in [-0.3, -0.25) is 5.10 Å². The van der Waals surface area contributed by atoms with Crippen molar-refractivity contribution >= 4 is 0 Å². The number of ether oxygens (including phenoxy) is 1. The number of rotatable bonds is 2. The Morgan fingerprint density at radius 2 is 1.76 bits per heavy atom. The smallest absolute Gasteiger partial charge is 0.120 e. The largest absolute Gasteiger partial charge is 0.488 e. The number of benzene rings is 1. The van der Waals surface area contributed by atoms with Crippen molar-refractivity contribution in [1.82, 2.24) is 10.2 Å². The molecule has 0 aliphatic rings. The third-order valence-electron chi connectivity index (χ3n) is 2.28. The van der Waals surface area contributed by atoms with Crippen LogP contribution in [0, 0.1) is 6.92 Å². The van der Waals surface area contributed by atoms with Crippen molar-refractivity contribution in [3.8, 4) is 17.0 Å². The minimum absolute atomic E-state index is 0.162. The lowest BCUT2D eigenvalue weighted by Gasteiger charge is -2.21. The predicted octanol–water partition coefficient (Wildman–Crippen LogP) is 3.56. The van der Waals surface area contributed by atoms with E-state index in [1.165, 1.54) is 0 Å². The molecule has 0 saturated heterocycles. The van der Waals surface area contributed by atoms with E-state index >= 15 is 0 Å². The van der Waals surface area contributed by atoms with E-state index < -0.39 is 0 Å². The molecule has 0 unspecified atom stereocenters. The fourth-order valence-electron chi connectivity index (χ4n) is 1.61. The van der Waals surface area contributed by atoms with Crippen LogP contribution in [0.15, 0.2) is 30.3 Å². The summed E-state index contributed by atoms with van der Waals surface area (Å²) in [5.41, 5.74) is 2.96. The standard InChI is InChI=1S/C14H18N2O/c1-10-9-13(16-15-10)11-5-7-12(8-6-11)17-14(2,3)4/h5-9H,1-4H3,(H,15,16). The van der Waals surface area contributed by atoms with Crippen LogP contribution in [0.5, 0.6) is 5.75 Å². The van der Waals surface area contributed by atoms with E-state index in [1.807, 2.05) is 58.0 Å². The average Bonchev–Trinajstić information content (AvgIpc) is 2.63. The summed E-state index contributed by atoms with van der Waals surface area (Å²) in [6.07, 6.45) is 0. The van der Waals surface area contributed by atoms with Crippen LogP contribution in [-0.2, 0) is 0 Å². The van der Waals surface area contributed by atoms with Crippen LogP contribution in [0.2, 0.25) is 0 Å². The SMILES string of the molecule is Cc1cc(-c2ccc(OC(C)(C)C)cc2)n[nH]1. The highest BCUT2D eigenvalue weighted by Gasteiger charge is 2.11. The Morgan fingerprint density at radius 1 is 1.12 bits per heavy atom. The summed E-state index contributed by atoms with van der Waals surface area (Å²) >= 11 is 0. The summed E-state index contributed by atoms with van der Waals surface area (Å²) in [7, 11) is 0. The van der Waals surface area contributed by atoms with Gasteiger partial charge in [0, 0.05) is 11.3 Å². The molecule has 0 fully saturated rings. The summed E-state index contributed by atoms with van der Waals surface area (Å²) in [4.78, 5) is 0. The van der Waals surface area contributed by atoms with Crippen molar-refractivity contribution in [2.45, 2.75) is 33.3 Å². The van der Waals surface area contributed by atoms with E-state index in [1.54, 1.807) is 0 Å². The molecule has 1 aromatic heterocycles. The van der Waals surface area contributed by atoms with Crippen molar-refractivity contribution in [3.05, 3.63) is 36.0 Å². The maximum absolute atomic E-state index is 5.77. The summed E-state index contributed by atoms with van der Waals surface area (Å²) in [5, 5.41) is 7.16. The lowest BCUT2D eigenvalue weighted by atomic mass is 10.1. The second-order valence-electron chi connectivity index (χ2n) is 5.18. The van der Waals surface area contributed by atoms with Gasteiger partial charge in [0.15, 0.2) is 0 Å². The monoisotopic (exact) mass is 230 g/mol. The van der Waals surface area contributed by atoms with Gasteiger partial charge in [0.2, 0.25) is 0 Å². The molecule has 0 bridgehead atoms. The zero-order valence-electron chi connectivity index (χ0n) is 10.7. The first-order valence-electron chi connectivity index (χ1n) is 5.75. The van der Waals surface area contributed by atoms with Crippen LogP contribution in [0.3, 0.4) is 0 Å². The number of hydrogen-bond acceptors (Lipinski definition) is 2. The molecule has 0 atom stereocenters. The predicted molar refractivity (Wildman–Crippen MR) is 69.1 cm³/mol. The highest BCUT2D eigenvalue weighted by Crippen LogP contribution is 2.23. The maximum Gasteiger partial charge on any atom is 0.120 e. The van der Waals surface area contributed by atoms with E-state index in [2.05, 4.69) is 10.2 Å². The van der Waals surface area contributed by atoms with Crippen molar-refractivity contribution < 1.29 is 4.74 Å². The molecule has 1 aromatic carbocycles. The van der Waals surface area contributed by atoms with Crippen LogP contribution in [0.4, 0.5) is 0 Å². The van der Waals surface area contributed by atoms with Gasteiger partial charge >= 0.3 is 0 Å². The molecular weight excluding hydrogens is 212 g/mol. The Bertz CT molecular complexity index is 492. The molecule has 0 aliphatic carbocycles. The molecule has 2 rings (SSSR count). The van der Waals surface area contributed by atoms with Crippen molar-refractivity contribution in [2.75, 3.05) is 0 Å². The fourth-order valence-corrected chi connectivity index (χ4v) is 1.61. The number of nitrogens with zero attached hydrogens (tertiary/aromatic N) is 1. The zero-order chi connectivity index (χ0) is 12.5. The van der Waals surface area contributed by atoms with E-state index in [0.29, 0.717) is 0 Å². The third kappa shape index (κ3) is 3.09. The molecule has 0 saturated carbocycles. The van der Waals surface area contributed by atoms with Gasteiger partial charge in [-0.15, -0.1) is 0 Å². The molecule has 1 N–H and O–H groups in total. The molecule has 1 heterocycles. The van der Waals surface area contributed by atoms with Gasteiger partial charge in [0.25, 0.3) is 0 Å². The minimum Gasteiger partial charge on any atom is -0.488 e. The Labute approximate surface area is 102 Å². The number of H-pyrrole nitrogens is 1. The van der Waals surface area contributed by atoms with Crippen molar-refractivity contribution in [2.24, 2.45) is 0 Å². The molecule has 17 heavy (non-hydrogen) atoms. The number of aromatic amines is 1. The Morgan fingerprint density at radius 3 is 2.24 bits per heavy atom. The third-order valence-corrected chi connectivity index (χ3v) is 2.28. The van der Waals surface area contributed by atoms with Gasteiger partial charge in [0.1, 0.15) is 11.4 Å². The van der Waals surface area contributed by atoms with Crippen LogP contribution >= 0.6 is 0 Å². The molecular formula is C14H18N2O. The molecule has 90 valence electrons. The fraction of sp³-hybridized carbons (Fsp3) is 0.357. The zero-order valence-corrected chi connectivity index (χ0v) is 10.7. The molecule has 3 heteroatoms. The Kier molecular flexibility index (Phi) is 2.92. The topological polar surface area (TPSA) is 37.9 Å². The second-order valence-corrected chi connectivity index (χ2v) is 5.18. The Balaban J connectivity index is 2.19. The number of nitrogens with one attached hydrogen (secondary N) is 1. The highest BCUT2D eigenvalue weighted by molar-refractivity contribution is 5.60. The quantitative estimate of drug-likeness (QED) is 0.856. The normalized spacial score (nSPS) is 11.5. The summed E-state index contributed by atoms with van der Waals surface area (Å²) in [6, 6.07) is 10.0. The average molecular weight is 230 g/mol. The van der Waals surface area contributed by atoms with E-state index in [9.17, 15) is 0 Å². The summed E-state index contributed by atoms with van der Waals surface area (Å²) < 4.78 is 5.77. The maximum atomic E-state index is 5.77. The molecule has 0 amide bonds. The van der Waals surface area contributed by atoms with Crippen molar-refractivity contribution in [3.63, 3.8) is 0 Å². The molecule has 3 nitrogen and oxygen atoms in total. The van der Waals surface area contributed by atoms with Crippen LogP contribution < -0.4 is 4.74 Å². The first-order valence-corrected chi connectivity index (χ1v) is 5.75. The summed E-state index contributed by atoms with van der Waals surface area (Å²) in [6.45, 7) is 8.11. The van der Waals surface area contributed by atoms with Crippen molar-refractivity contribution in [1.29, 1.82) is 0 Å². The molecule has 0 spiro atoms. The molecule has 0 radical (unpaired) electrons. The first-order chi connectivity index (χ1) is 7.94. The first kappa shape index (κ1) is 11.7.